The Morgan fingerprint density at radius 2 is 1.77 bits per heavy atom. The molecule has 5 rings (SSSR count). The van der Waals surface area contributed by atoms with Crippen LogP contribution < -0.4 is 11.0 Å². The number of imidazole rings is 1. The van der Waals surface area contributed by atoms with Crippen LogP contribution in [-0.2, 0) is 6.54 Å². The van der Waals surface area contributed by atoms with Crippen molar-refractivity contribution in [2.24, 2.45) is 5.92 Å². The number of aromatic nitrogens is 3. The SMILES string of the molecule is Cc1ccc(-n2c(=O)n(CC3CCC(NC(=O)c4cc(Cl)ccc4Cl)CC3)c3ccccc32)cn1. The zero-order chi connectivity index (χ0) is 24.5. The molecule has 0 saturated heterocycles. The van der Waals surface area contributed by atoms with E-state index in [0.29, 0.717) is 28.1 Å². The predicted octanol–water partition coefficient (Wildman–Crippen LogP) is 5.79. The molecule has 0 aliphatic heterocycles. The highest BCUT2D eigenvalue weighted by Gasteiger charge is 2.25. The topological polar surface area (TPSA) is 68.9 Å². The molecular weight excluding hydrogens is 483 g/mol. The highest BCUT2D eigenvalue weighted by molar-refractivity contribution is 6.35. The first-order valence-electron chi connectivity index (χ1n) is 11.8. The standard InChI is InChI=1S/C27H26Cl2N4O2/c1-17-6-12-21(15-30-17)33-25-5-3-2-4-24(25)32(27(33)35)16-18-7-10-20(11-8-18)31-26(34)22-14-19(28)9-13-23(22)29/h2-6,9,12-15,18,20H,7-8,10-11,16H2,1H3,(H,31,34). The molecule has 0 atom stereocenters. The Morgan fingerprint density at radius 1 is 1.03 bits per heavy atom. The van der Waals surface area contributed by atoms with Gasteiger partial charge in [0, 0.05) is 23.3 Å². The van der Waals surface area contributed by atoms with Crippen molar-refractivity contribution in [3.05, 3.63) is 92.6 Å². The van der Waals surface area contributed by atoms with Gasteiger partial charge in [0.05, 0.1) is 33.5 Å². The number of hydrogen-bond donors (Lipinski definition) is 1. The van der Waals surface area contributed by atoms with E-state index in [0.717, 1.165) is 48.1 Å². The highest BCUT2D eigenvalue weighted by Crippen LogP contribution is 2.28. The second kappa shape index (κ2) is 9.88. The molecule has 8 heteroatoms. The van der Waals surface area contributed by atoms with E-state index in [1.54, 1.807) is 29.0 Å². The van der Waals surface area contributed by atoms with Gasteiger partial charge in [-0.3, -0.25) is 18.9 Å². The van der Waals surface area contributed by atoms with Gasteiger partial charge in [0.1, 0.15) is 0 Å². The summed E-state index contributed by atoms with van der Waals surface area (Å²) in [5, 5.41) is 3.97. The fourth-order valence-corrected chi connectivity index (χ4v) is 5.28. The van der Waals surface area contributed by atoms with Gasteiger partial charge >= 0.3 is 5.69 Å². The van der Waals surface area contributed by atoms with Crippen LogP contribution in [0.2, 0.25) is 10.0 Å². The van der Waals surface area contributed by atoms with Crippen molar-refractivity contribution in [1.82, 2.24) is 19.4 Å². The van der Waals surface area contributed by atoms with E-state index in [2.05, 4.69) is 10.3 Å². The van der Waals surface area contributed by atoms with Crippen LogP contribution in [0, 0.1) is 12.8 Å². The van der Waals surface area contributed by atoms with Crippen molar-refractivity contribution in [1.29, 1.82) is 0 Å². The Balaban J connectivity index is 1.30. The summed E-state index contributed by atoms with van der Waals surface area (Å²) in [4.78, 5) is 30.6. The van der Waals surface area contributed by atoms with E-state index in [4.69, 9.17) is 23.2 Å². The number of benzene rings is 2. The van der Waals surface area contributed by atoms with E-state index >= 15 is 0 Å². The minimum Gasteiger partial charge on any atom is -0.349 e. The monoisotopic (exact) mass is 508 g/mol. The first-order valence-corrected chi connectivity index (χ1v) is 12.6. The van der Waals surface area contributed by atoms with E-state index < -0.39 is 0 Å². The molecule has 0 radical (unpaired) electrons. The number of carbonyl (C=O) groups is 1. The molecule has 2 heterocycles. The predicted molar refractivity (Wildman–Crippen MR) is 140 cm³/mol. The molecule has 1 N–H and O–H groups in total. The number of nitrogens with one attached hydrogen (secondary N) is 1. The lowest BCUT2D eigenvalue weighted by Crippen LogP contribution is -2.38. The number of carbonyl (C=O) groups excluding carboxylic acids is 1. The first-order chi connectivity index (χ1) is 16.9. The molecule has 0 spiro atoms. The molecule has 1 aliphatic carbocycles. The van der Waals surface area contributed by atoms with Crippen molar-refractivity contribution in [2.45, 2.75) is 45.2 Å². The zero-order valence-corrected chi connectivity index (χ0v) is 20.9. The van der Waals surface area contributed by atoms with Crippen molar-refractivity contribution in [3.63, 3.8) is 0 Å². The molecule has 1 fully saturated rings. The van der Waals surface area contributed by atoms with E-state index in [1.165, 1.54) is 0 Å². The first kappa shape index (κ1) is 23.6. The second-order valence-electron chi connectivity index (χ2n) is 9.19. The average Bonchev–Trinajstić information content (AvgIpc) is 3.13. The molecule has 2 aromatic heterocycles. The van der Waals surface area contributed by atoms with Gasteiger partial charge < -0.3 is 5.32 Å². The molecule has 1 aliphatic rings. The molecule has 4 aromatic rings. The molecule has 6 nitrogen and oxygen atoms in total. The lowest BCUT2D eigenvalue weighted by molar-refractivity contribution is 0.0920. The number of hydrogen-bond acceptors (Lipinski definition) is 3. The zero-order valence-electron chi connectivity index (χ0n) is 19.4. The molecule has 0 bridgehead atoms. The van der Waals surface area contributed by atoms with Crippen LogP contribution >= 0.6 is 23.2 Å². The van der Waals surface area contributed by atoms with Crippen LogP contribution in [-0.4, -0.2) is 26.1 Å². The van der Waals surface area contributed by atoms with Gasteiger partial charge in [-0.2, -0.15) is 0 Å². The van der Waals surface area contributed by atoms with E-state index in [9.17, 15) is 9.59 Å². The summed E-state index contributed by atoms with van der Waals surface area (Å²) < 4.78 is 3.62. The fraction of sp³-hybridized carbons (Fsp3) is 0.296. The van der Waals surface area contributed by atoms with Gasteiger partial charge in [-0.05, 0) is 81.0 Å². The Kier molecular flexibility index (Phi) is 6.67. The number of halogens is 2. The number of para-hydroxylation sites is 2. The van der Waals surface area contributed by atoms with Crippen molar-refractivity contribution in [2.75, 3.05) is 0 Å². The number of rotatable bonds is 5. The maximum atomic E-state index is 13.5. The van der Waals surface area contributed by atoms with Crippen LogP contribution in [0.25, 0.3) is 16.7 Å². The summed E-state index contributed by atoms with van der Waals surface area (Å²) in [5.74, 6) is 0.151. The number of fused-ring (bicyclic) bond motifs is 1. The summed E-state index contributed by atoms with van der Waals surface area (Å²) in [6, 6.07) is 16.7. The highest BCUT2D eigenvalue weighted by atomic mass is 35.5. The molecule has 1 amide bonds. The smallest absolute Gasteiger partial charge is 0.333 e. The third-order valence-electron chi connectivity index (χ3n) is 6.79. The summed E-state index contributed by atoms with van der Waals surface area (Å²) in [7, 11) is 0. The van der Waals surface area contributed by atoms with E-state index in [-0.39, 0.29) is 17.6 Å². The molecule has 35 heavy (non-hydrogen) atoms. The number of nitrogens with zero attached hydrogens (tertiary/aromatic N) is 3. The lowest BCUT2D eigenvalue weighted by atomic mass is 9.85. The Bertz CT molecular complexity index is 1430. The molecule has 180 valence electrons. The van der Waals surface area contributed by atoms with Crippen LogP contribution in [0.15, 0.2) is 65.6 Å². The molecule has 2 aromatic carbocycles. The largest absolute Gasteiger partial charge is 0.349 e. The maximum Gasteiger partial charge on any atom is 0.333 e. The molecule has 1 saturated carbocycles. The molecular formula is C27H26Cl2N4O2. The number of amides is 1. The minimum absolute atomic E-state index is 0.0529. The van der Waals surface area contributed by atoms with Gasteiger partial charge in [0.15, 0.2) is 0 Å². The Hall–Kier alpha value is -3.09. The van der Waals surface area contributed by atoms with Crippen LogP contribution in [0.5, 0.6) is 0 Å². The van der Waals surface area contributed by atoms with Crippen molar-refractivity contribution < 1.29 is 4.79 Å². The van der Waals surface area contributed by atoms with Crippen LogP contribution in [0.4, 0.5) is 0 Å². The Morgan fingerprint density at radius 3 is 2.49 bits per heavy atom. The van der Waals surface area contributed by atoms with Gasteiger partial charge in [-0.15, -0.1) is 0 Å². The summed E-state index contributed by atoms with van der Waals surface area (Å²) >= 11 is 12.2. The average molecular weight is 509 g/mol. The van der Waals surface area contributed by atoms with Crippen molar-refractivity contribution >= 4 is 40.1 Å². The van der Waals surface area contributed by atoms with E-state index in [1.807, 2.05) is 47.9 Å². The second-order valence-corrected chi connectivity index (χ2v) is 10.0. The summed E-state index contributed by atoms with van der Waals surface area (Å²) in [6.45, 7) is 2.57. The molecule has 0 unspecified atom stereocenters. The maximum absolute atomic E-state index is 13.5. The van der Waals surface area contributed by atoms with Gasteiger partial charge in [-0.25, -0.2) is 4.79 Å². The number of aryl methyl sites for hydroxylation is 1. The van der Waals surface area contributed by atoms with Gasteiger partial charge in [0.25, 0.3) is 5.91 Å². The normalized spacial score (nSPS) is 18.0. The van der Waals surface area contributed by atoms with Crippen LogP contribution in [0.1, 0.15) is 41.7 Å². The third kappa shape index (κ3) is 4.86. The third-order valence-corrected chi connectivity index (χ3v) is 7.35. The summed E-state index contributed by atoms with van der Waals surface area (Å²) in [6.07, 6.45) is 5.29. The van der Waals surface area contributed by atoms with Crippen molar-refractivity contribution in [3.8, 4) is 5.69 Å². The van der Waals surface area contributed by atoms with Gasteiger partial charge in [-0.1, -0.05) is 35.3 Å². The fourth-order valence-electron chi connectivity index (χ4n) is 4.91. The summed E-state index contributed by atoms with van der Waals surface area (Å²) in [5.41, 5.74) is 3.81. The minimum atomic E-state index is -0.202. The van der Waals surface area contributed by atoms with Gasteiger partial charge in [0.2, 0.25) is 0 Å². The van der Waals surface area contributed by atoms with Crippen LogP contribution in [0.3, 0.4) is 0 Å². The lowest BCUT2D eigenvalue weighted by Gasteiger charge is -2.29. The Labute approximate surface area is 213 Å². The number of pyridine rings is 1. The quantitative estimate of drug-likeness (QED) is 0.370.